The molecular weight excluding hydrogens is 321 g/mol. The summed E-state index contributed by atoms with van der Waals surface area (Å²) in [6, 6.07) is 4.39. The van der Waals surface area contributed by atoms with E-state index in [0.717, 1.165) is 12.1 Å². The Morgan fingerprint density at radius 2 is 1.82 bits per heavy atom. The average molecular weight is 336 g/mol. The summed E-state index contributed by atoms with van der Waals surface area (Å²) in [6.07, 6.45) is 0.266. The zero-order valence-corrected chi connectivity index (χ0v) is 12.5. The smallest absolute Gasteiger partial charge is 0.367 e. The molecule has 1 amide bonds. The van der Waals surface area contributed by atoms with E-state index in [4.69, 9.17) is 0 Å². The molecule has 1 atom stereocenters. The number of rotatable bonds is 2. The first-order valence-electron chi connectivity index (χ1n) is 6.57. The standard InChI is InChI=1S/C13H15F3N2O3S/c1-9-8-12(19)17-6-7-18(9)10-2-4-11(5-3-10)22(20,21)13(14,15)16/h2-5,9H,6-8H2,1H3,(H,17,19). The van der Waals surface area contributed by atoms with Crippen molar-refractivity contribution < 1.29 is 26.4 Å². The lowest BCUT2D eigenvalue weighted by molar-refractivity contribution is -0.120. The molecule has 122 valence electrons. The third-order valence-electron chi connectivity index (χ3n) is 3.47. The van der Waals surface area contributed by atoms with E-state index in [2.05, 4.69) is 5.32 Å². The summed E-state index contributed by atoms with van der Waals surface area (Å²) < 4.78 is 60.1. The Morgan fingerprint density at radius 1 is 1.23 bits per heavy atom. The molecule has 1 saturated heterocycles. The highest BCUT2D eigenvalue weighted by Crippen LogP contribution is 2.31. The number of sulfone groups is 1. The molecule has 1 aromatic carbocycles. The van der Waals surface area contributed by atoms with Crippen LogP contribution in [0.4, 0.5) is 18.9 Å². The van der Waals surface area contributed by atoms with Crippen LogP contribution in [0.5, 0.6) is 0 Å². The summed E-state index contributed by atoms with van der Waals surface area (Å²) >= 11 is 0. The van der Waals surface area contributed by atoms with Gasteiger partial charge < -0.3 is 10.2 Å². The third kappa shape index (κ3) is 3.18. The van der Waals surface area contributed by atoms with Crippen molar-refractivity contribution in [2.45, 2.75) is 29.8 Å². The summed E-state index contributed by atoms with van der Waals surface area (Å²) in [5.41, 5.74) is -4.74. The van der Waals surface area contributed by atoms with Crippen molar-refractivity contribution in [1.29, 1.82) is 0 Å². The number of carbonyl (C=O) groups excluding carboxylic acids is 1. The van der Waals surface area contributed by atoms with Gasteiger partial charge in [0.05, 0.1) is 4.90 Å². The molecule has 1 aromatic rings. The van der Waals surface area contributed by atoms with Crippen LogP contribution in [0.25, 0.3) is 0 Å². The fraction of sp³-hybridized carbons (Fsp3) is 0.462. The second-order valence-corrected chi connectivity index (χ2v) is 6.98. The predicted molar refractivity (Wildman–Crippen MR) is 74.1 cm³/mol. The van der Waals surface area contributed by atoms with Gasteiger partial charge in [0.25, 0.3) is 9.84 Å². The normalized spacial score (nSPS) is 20.5. The van der Waals surface area contributed by atoms with Gasteiger partial charge in [-0.1, -0.05) is 0 Å². The summed E-state index contributed by atoms with van der Waals surface area (Å²) in [5, 5.41) is 2.70. The molecule has 2 rings (SSSR count). The minimum Gasteiger partial charge on any atom is -0.367 e. The number of anilines is 1. The maximum atomic E-state index is 12.5. The summed E-state index contributed by atoms with van der Waals surface area (Å²) in [5.74, 6) is -0.0914. The van der Waals surface area contributed by atoms with E-state index in [1.165, 1.54) is 12.1 Å². The minimum absolute atomic E-state index is 0.0914. The molecule has 0 bridgehead atoms. The quantitative estimate of drug-likeness (QED) is 0.893. The van der Waals surface area contributed by atoms with Crippen LogP contribution in [0.3, 0.4) is 0 Å². The van der Waals surface area contributed by atoms with Gasteiger partial charge in [0.15, 0.2) is 0 Å². The Hall–Kier alpha value is -1.77. The molecule has 0 aromatic heterocycles. The summed E-state index contributed by atoms with van der Waals surface area (Å²) in [7, 11) is -5.34. The predicted octanol–water partition coefficient (Wildman–Crippen LogP) is 1.69. The molecule has 1 fully saturated rings. The fourth-order valence-electron chi connectivity index (χ4n) is 2.32. The lowest BCUT2D eigenvalue weighted by Gasteiger charge is -2.28. The number of amides is 1. The van der Waals surface area contributed by atoms with E-state index in [9.17, 15) is 26.4 Å². The number of halogens is 3. The van der Waals surface area contributed by atoms with Crippen molar-refractivity contribution in [2.75, 3.05) is 18.0 Å². The van der Waals surface area contributed by atoms with Gasteiger partial charge in [-0.2, -0.15) is 13.2 Å². The zero-order valence-electron chi connectivity index (χ0n) is 11.7. The monoisotopic (exact) mass is 336 g/mol. The van der Waals surface area contributed by atoms with Crippen LogP contribution in [-0.2, 0) is 14.6 Å². The molecule has 22 heavy (non-hydrogen) atoms. The first-order chi connectivity index (χ1) is 10.1. The minimum atomic E-state index is -5.34. The molecule has 0 saturated carbocycles. The van der Waals surface area contributed by atoms with Crippen LogP contribution in [-0.4, -0.2) is 39.0 Å². The van der Waals surface area contributed by atoms with Gasteiger partial charge in [-0.05, 0) is 31.2 Å². The average Bonchev–Trinajstić information content (AvgIpc) is 2.58. The molecular formula is C13H15F3N2O3S. The number of hydrogen-bond donors (Lipinski definition) is 1. The van der Waals surface area contributed by atoms with Gasteiger partial charge in [0.1, 0.15) is 0 Å². The van der Waals surface area contributed by atoms with Crippen LogP contribution in [0.1, 0.15) is 13.3 Å². The fourth-order valence-corrected chi connectivity index (χ4v) is 3.08. The molecule has 0 aliphatic carbocycles. The van der Waals surface area contributed by atoms with Gasteiger partial charge in [0, 0.05) is 31.2 Å². The molecule has 0 radical (unpaired) electrons. The topological polar surface area (TPSA) is 66.5 Å². The van der Waals surface area contributed by atoms with Crippen molar-refractivity contribution in [3.63, 3.8) is 0 Å². The lowest BCUT2D eigenvalue weighted by Crippen LogP contribution is -2.34. The number of hydrogen-bond acceptors (Lipinski definition) is 4. The van der Waals surface area contributed by atoms with E-state index in [1.54, 1.807) is 0 Å². The second-order valence-electron chi connectivity index (χ2n) is 5.04. The Bertz CT molecular complexity index is 656. The lowest BCUT2D eigenvalue weighted by atomic mass is 10.2. The van der Waals surface area contributed by atoms with E-state index in [-0.39, 0.29) is 18.4 Å². The molecule has 1 aliphatic heterocycles. The maximum Gasteiger partial charge on any atom is 0.501 e. The van der Waals surface area contributed by atoms with Crippen molar-refractivity contribution in [3.05, 3.63) is 24.3 Å². The van der Waals surface area contributed by atoms with Crippen LogP contribution in [0, 0.1) is 0 Å². The molecule has 9 heteroatoms. The van der Waals surface area contributed by atoms with Crippen LogP contribution < -0.4 is 10.2 Å². The van der Waals surface area contributed by atoms with Gasteiger partial charge >= 0.3 is 5.51 Å². The van der Waals surface area contributed by atoms with Crippen LogP contribution in [0.2, 0.25) is 0 Å². The van der Waals surface area contributed by atoms with Gasteiger partial charge in [-0.3, -0.25) is 4.79 Å². The number of nitrogens with one attached hydrogen (secondary N) is 1. The molecule has 1 heterocycles. The van der Waals surface area contributed by atoms with E-state index >= 15 is 0 Å². The third-order valence-corrected chi connectivity index (χ3v) is 4.97. The van der Waals surface area contributed by atoms with E-state index in [0.29, 0.717) is 18.8 Å². The zero-order chi connectivity index (χ0) is 16.5. The molecule has 0 spiro atoms. The Balaban J connectivity index is 2.27. The van der Waals surface area contributed by atoms with Crippen molar-refractivity contribution in [1.82, 2.24) is 5.32 Å². The summed E-state index contributed by atoms with van der Waals surface area (Å²) in [6.45, 7) is 2.75. The first kappa shape index (κ1) is 16.6. The van der Waals surface area contributed by atoms with Gasteiger partial charge in [-0.15, -0.1) is 0 Å². The Morgan fingerprint density at radius 3 is 2.36 bits per heavy atom. The number of carbonyl (C=O) groups is 1. The van der Waals surface area contributed by atoms with Crippen molar-refractivity contribution in [2.24, 2.45) is 0 Å². The maximum absolute atomic E-state index is 12.5. The SMILES string of the molecule is CC1CC(=O)NCCN1c1ccc(S(=O)(=O)C(F)(F)F)cc1. The number of nitrogens with zero attached hydrogens (tertiary/aromatic N) is 1. The van der Waals surface area contributed by atoms with Crippen LogP contribution >= 0.6 is 0 Å². The van der Waals surface area contributed by atoms with Gasteiger partial charge in [-0.25, -0.2) is 8.42 Å². The van der Waals surface area contributed by atoms with Gasteiger partial charge in [0.2, 0.25) is 5.91 Å². The largest absolute Gasteiger partial charge is 0.501 e. The highest BCUT2D eigenvalue weighted by atomic mass is 32.2. The Kier molecular flexibility index (Phi) is 4.37. The Labute approximate surface area is 126 Å². The highest BCUT2D eigenvalue weighted by Gasteiger charge is 2.46. The highest BCUT2D eigenvalue weighted by molar-refractivity contribution is 7.92. The molecule has 1 unspecified atom stereocenters. The van der Waals surface area contributed by atoms with E-state index in [1.807, 2.05) is 11.8 Å². The van der Waals surface area contributed by atoms with Crippen molar-refractivity contribution in [3.8, 4) is 0 Å². The van der Waals surface area contributed by atoms with Crippen LogP contribution in [0.15, 0.2) is 29.2 Å². The number of benzene rings is 1. The van der Waals surface area contributed by atoms with E-state index < -0.39 is 20.2 Å². The molecule has 5 nitrogen and oxygen atoms in total. The molecule has 1 aliphatic rings. The first-order valence-corrected chi connectivity index (χ1v) is 8.06. The molecule has 1 N–H and O–H groups in total. The summed E-state index contributed by atoms with van der Waals surface area (Å²) in [4.78, 5) is 12.5. The van der Waals surface area contributed by atoms with Crippen molar-refractivity contribution >= 4 is 21.4 Å². The number of alkyl halides is 3. The second kappa shape index (κ2) is 5.79.